The molecule has 3 aromatic carbocycles. The Morgan fingerprint density at radius 1 is 1.03 bits per heavy atom. The van der Waals surface area contributed by atoms with E-state index in [9.17, 15) is 9.59 Å². The van der Waals surface area contributed by atoms with Gasteiger partial charge >= 0.3 is 0 Å². The minimum Gasteiger partial charge on any atom is -0.492 e. The SMILES string of the molecule is CCOc1ccccc1N1C(=O)C[C@@H](Sc2nc(-c3ccccc3)c3cc(Cl)ccc3n2)C1=O. The molecule has 2 amide bonds. The van der Waals surface area contributed by atoms with Gasteiger partial charge in [0.25, 0.3) is 0 Å². The molecule has 6 nitrogen and oxygen atoms in total. The summed E-state index contributed by atoms with van der Waals surface area (Å²) in [5.74, 6) is -0.0729. The van der Waals surface area contributed by atoms with E-state index < -0.39 is 5.25 Å². The summed E-state index contributed by atoms with van der Waals surface area (Å²) in [6, 6.07) is 22.3. The number of hydrogen-bond donors (Lipinski definition) is 0. The van der Waals surface area contributed by atoms with Crippen molar-refractivity contribution in [3.8, 4) is 17.0 Å². The van der Waals surface area contributed by atoms with Gasteiger partial charge in [0.05, 0.1) is 23.5 Å². The van der Waals surface area contributed by atoms with Crippen molar-refractivity contribution in [3.05, 3.63) is 77.8 Å². The van der Waals surface area contributed by atoms with Crippen molar-refractivity contribution in [3.63, 3.8) is 0 Å². The number of thioether (sulfide) groups is 1. The van der Waals surface area contributed by atoms with Crippen LogP contribution < -0.4 is 9.64 Å². The van der Waals surface area contributed by atoms with E-state index >= 15 is 0 Å². The van der Waals surface area contributed by atoms with E-state index in [1.54, 1.807) is 24.3 Å². The zero-order chi connectivity index (χ0) is 23.7. The summed E-state index contributed by atoms with van der Waals surface area (Å²) in [5.41, 5.74) is 2.82. The van der Waals surface area contributed by atoms with Crippen LogP contribution in [0.3, 0.4) is 0 Å². The van der Waals surface area contributed by atoms with Gasteiger partial charge in [0.1, 0.15) is 11.0 Å². The lowest BCUT2D eigenvalue weighted by atomic mass is 10.1. The zero-order valence-corrected chi connectivity index (χ0v) is 19.8. The molecule has 1 fully saturated rings. The molecule has 8 heteroatoms. The maximum atomic E-state index is 13.3. The molecule has 34 heavy (non-hydrogen) atoms. The van der Waals surface area contributed by atoms with Gasteiger partial charge in [-0.1, -0.05) is 65.8 Å². The van der Waals surface area contributed by atoms with Crippen molar-refractivity contribution in [2.75, 3.05) is 11.5 Å². The van der Waals surface area contributed by atoms with Crippen LogP contribution in [-0.2, 0) is 9.59 Å². The maximum absolute atomic E-state index is 13.3. The number of rotatable bonds is 6. The first kappa shape index (κ1) is 22.4. The largest absolute Gasteiger partial charge is 0.492 e. The number of aromatic nitrogens is 2. The van der Waals surface area contributed by atoms with Gasteiger partial charge in [0, 0.05) is 22.4 Å². The van der Waals surface area contributed by atoms with Crippen LogP contribution in [0.25, 0.3) is 22.2 Å². The fourth-order valence-corrected chi connectivity index (χ4v) is 5.10. The van der Waals surface area contributed by atoms with Crippen LogP contribution in [0.5, 0.6) is 5.75 Å². The molecule has 0 saturated carbocycles. The van der Waals surface area contributed by atoms with Crippen molar-refractivity contribution in [2.45, 2.75) is 23.8 Å². The Bertz CT molecular complexity index is 1400. The number of fused-ring (bicyclic) bond motifs is 1. The number of anilines is 1. The lowest BCUT2D eigenvalue weighted by Crippen LogP contribution is -2.31. The topological polar surface area (TPSA) is 72.4 Å². The van der Waals surface area contributed by atoms with Crippen molar-refractivity contribution < 1.29 is 14.3 Å². The molecule has 1 aliphatic rings. The van der Waals surface area contributed by atoms with Crippen molar-refractivity contribution in [1.82, 2.24) is 9.97 Å². The van der Waals surface area contributed by atoms with Crippen molar-refractivity contribution in [1.29, 1.82) is 0 Å². The van der Waals surface area contributed by atoms with Crippen LogP contribution in [0, 0.1) is 0 Å². The highest BCUT2D eigenvalue weighted by Gasteiger charge is 2.41. The highest BCUT2D eigenvalue weighted by Crippen LogP contribution is 2.38. The van der Waals surface area contributed by atoms with Gasteiger partial charge in [-0.15, -0.1) is 0 Å². The number of carbonyl (C=O) groups is 2. The van der Waals surface area contributed by atoms with Gasteiger partial charge in [-0.2, -0.15) is 0 Å². The number of hydrogen-bond acceptors (Lipinski definition) is 6. The molecule has 2 heterocycles. The Morgan fingerprint density at radius 2 is 1.79 bits per heavy atom. The molecule has 0 bridgehead atoms. The second-order valence-electron chi connectivity index (χ2n) is 7.66. The molecule has 1 aliphatic heterocycles. The first-order chi connectivity index (χ1) is 16.5. The highest BCUT2D eigenvalue weighted by molar-refractivity contribution is 8.00. The Kier molecular flexibility index (Phi) is 6.22. The molecular formula is C26H20ClN3O3S. The summed E-state index contributed by atoms with van der Waals surface area (Å²) in [5, 5.41) is 1.22. The molecule has 4 aromatic rings. The Morgan fingerprint density at radius 3 is 2.59 bits per heavy atom. The monoisotopic (exact) mass is 489 g/mol. The third kappa shape index (κ3) is 4.24. The number of para-hydroxylation sites is 2. The van der Waals surface area contributed by atoms with E-state index in [0.29, 0.717) is 28.2 Å². The number of imide groups is 1. The number of halogens is 1. The van der Waals surface area contributed by atoms with Gasteiger partial charge in [-0.05, 0) is 37.3 Å². The summed E-state index contributed by atoms with van der Waals surface area (Å²) in [6.07, 6.45) is 0.0621. The van der Waals surface area contributed by atoms with E-state index in [-0.39, 0.29) is 18.2 Å². The Balaban J connectivity index is 1.50. The smallest absolute Gasteiger partial charge is 0.248 e. The summed E-state index contributed by atoms with van der Waals surface area (Å²) >= 11 is 7.44. The van der Waals surface area contributed by atoms with Crippen LogP contribution in [0.4, 0.5) is 5.69 Å². The first-order valence-electron chi connectivity index (χ1n) is 10.8. The van der Waals surface area contributed by atoms with Gasteiger partial charge in [-0.25, -0.2) is 14.9 Å². The van der Waals surface area contributed by atoms with Gasteiger partial charge < -0.3 is 4.74 Å². The molecule has 1 saturated heterocycles. The van der Waals surface area contributed by atoms with E-state index in [1.165, 1.54) is 16.7 Å². The second kappa shape index (κ2) is 9.44. The van der Waals surface area contributed by atoms with Crippen LogP contribution in [0.15, 0.2) is 78.0 Å². The van der Waals surface area contributed by atoms with E-state index in [4.69, 9.17) is 21.3 Å². The van der Waals surface area contributed by atoms with Crippen LogP contribution >= 0.6 is 23.4 Å². The molecule has 0 radical (unpaired) electrons. The third-order valence-corrected chi connectivity index (χ3v) is 6.72. The molecule has 0 unspecified atom stereocenters. The van der Waals surface area contributed by atoms with Gasteiger partial charge in [0.15, 0.2) is 5.16 Å². The number of benzene rings is 3. The molecular weight excluding hydrogens is 470 g/mol. The van der Waals surface area contributed by atoms with Crippen LogP contribution in [0.2, 0.25) is 5.02 Å². The second-order valence-corrected chi connectivity index (χ2v) is 9.27. The van der Waals surface area contributed by atoms with E-state index in [0.717, 1.165) is 22.2 Å². The summed E-state index contributed by atoms with van der Waals surface area (Å²) in [4.78, 5) is 36.8. The maximum Gasteiger partial charge on any atom is 0.248 e. The Labute approximate surface area is 205 Å². The molecule has 1 aromatic heterocycles. The van der Waals surface area contributed by atoms with Crippen LogP contribution in [0.1, 0.15) is 13.3 Å². The molecule has 5 rings (SSSR count). The third-order valence-electron chi connectivity index (χ3n) is 5.44. The highest BCUT2D eigenvalue weighted by atomic mass is 35.5. The normalized spacial score (nSPS) is 15.8. The average molecular weight is 490 g/mol. The number of carbonyl (C=O) groups excluding carboxylic acids is 2. The Hall–Kier alpha value is -3.42. The summed E-state index contributed by atoms with van der Waals surface area (Å²) in [6.45, 7) is 2.29. The van der Waals surface area contributed by atoms with Crippen molar-refractivity contribution in [2.24, 2.45) is 0 Å². The van der Waals surface area contributed by atoms with Crippen LogP contribution in [-0.4, -0.2) is 33.6 Å². The average Bonchev–Trinajstić information content (AvgIpc) is 3.12. The quantitative estimate of drug-likeness (QED) is 0.253. The number of nitrogens with zero attached hydrogens (tertiary/aromatic N) is 3. The lowest BCUT2D eigenvalue weighted by Gasteiger charge is -2.18. The molecule has 1 atom stereocenters. The first-order valence-corrected chi connectivity index (χ1v) is 12.1. The van der Waals surface area contributed by atoms with Gasteiger partial charge in [0.2, 0.25) is 11.8 Å². The molecule has 0 N–H and O–H groups in total. The number of ether oxygens (including phenoxy) is 1. The molecule has 0 spiro atoms. The molecule has 170 valence electrons. The zero-order valence-electron chi connectivity index (χ0n) is 18.3. The fraction of sp³-hybridized carbons (Fsp3) is 0.154. The predicted octanol–water partition coefficient (Wildman–Crippen LogP) is 5.77. The fourth-order valence-electron chi connectivity index (χ4n) is 3.94. The summed E-state index contributed by atoms with van der Waals surface area (Å²) in [7, 11) is 0. The number of amides is 2. The summed E-state index contributed by atoms with van der Waals surface area (Å²) < 4.78 is 5.63. The standard InChI is InChI=1S/C26H20ClN3O3S/c1-2-33-21-11-7-6-10-20(21)30-23(31)15-22(25(30)32)34-26-28-19-13-12-17(27)14-18(19)24(29-26)16-8-4-3-5-9-16/h3-14,22H,2,15H2,1H3/t22-/m1/s1. The van der Waals surface area contributed by atoms with E-state index in [1.807, 2.05) is 55.5 Å². The minimum atomic E-state index is -0.629. The molecule has 0 aliphatic carbocycles. The predicted molar refractivity (Wildman–Crippen MR) is 134 cm³/mol. The lowest BCUT2D eigenvalue weighted by molar-refractivity contribution is -0.121. The van der Waals surface area contributed by atoms with Crippen molar-refractivity contribution >= 4 is 51.8 Å². The van der Waals surface area contributed by atoms with Gasteiger partial charge in [-0.3, -0.25) is 9.59 Å². The van der Waals surface area contributed by atoms with E-state index in [2.05, 4.69) is 4.98 Å². The minimum absolute atomic E-state index is 0.0621.